The maximum Gasteiger partial charge on any atom is 0.337 e. The molecule has 0 spiro atoms. The molecule has 1 saturated heterocycles. The molecule has 0 N–H and O–H groups in total. The first kappa shape index (κ1) is 12.9. The highest BCUT2D eigenvalue weighted by Crippen LogP contribution is 2.32. The fourth-order valence-corrected chi connectivity index (χ4v) is 3.06. The maximum atomic E-state index is 12.6. The summed E-state index contributed by atoms with van der Waals surface area (Å²) in [5.41, 5.74) is 1.09. The van der Waals surface area contributed by atoms with Crippen molar-refractivity contribution in [2.45, 2.75) is 31.3 Å². The van der Waals surface area contributed by atoms with Gasteiger partial charge in [0.1, 0.15) is 0 Å². The fourth-order valence-electron chi connectivity index (χ4n) is 3.06. The van der Waals surface area contributed by atoms with E-state index in [-0.39, 0.29) is 17.9 Å². The smallest absolute Gasteiger partial charge is 0.337 e. The predicted molar refractivity (Wildman–Crippen MR) is 74.5 cm³/mol. The summed E-state index contributed by atoms with van der Waals surface area (Å²) >= 11 is 0. The van der Waals surface area contributed by atoms with Crippen LogP contribution in [0.1, 0.15) is 40.0 Å². The molecule has 0 aromatic heterocycles. The third kappa shape index (κ3) is 2.11. The van der Waals surface area contributed by atoms with E-state index in [1.165, 1.54) is 7.11 Å². The van der Waals surface area contributed by atoms with Crippen molar-refractivity contribution in [2.24, 2.45) is 0 Å². The van der Waals surface area contributed by atoms with Crippen LogP contribution in [0.15, 0.2) is 36.4 Å². The maximum absolute atomic E-state index is 12.6. The average Bonchev–Trinajstić information content (AvgIpc) is 2.75. The summed E-state index contributed by atoms with van der Waals surface area (Å²) in [5.74, 6) is -0.330. The molecule has 1 amide bonds. The molecular formula is C16H17NO3. The summed E-state index contributed by atoms with van der Waals surface area (Å²) in [7, 11) is 1.35. The Morgan fingerprint density at radius 1 is 1.15 bits per heavy atom. The number of hydrogen-bond donors (Lipinski definition) is 0. The number of fused-ring (bicyclic) bond motifs is 2. The molecule has 2 atom stereocenters. The van der Waals surface area contributed by atoms with E-state index in [1.54, 1.807) is 24.3 Å². The molecule has 20 heavy (non-hydrogen) atoms. The molecule has 2 aliphatic rings. The lowest BCUT2D eigenvalue weighted by Gasteiger charge is -2.31. The Hall–Kier alpha value is -2.10. The molecule has 3 rings (SSSR count). The Morgan fingerprint density at radius 2 is 1.85 bits per heavy atom. The third-order valence-corrected chi connectivity index (χ3v) is 4.10. The van der Waals surface area contributed by atoms with Gasteiger partial charge in [-0.2, -0.15) is 0 Å². The Kier molecular flexibility index (Phi) is 3.30. The molecular weight excluding hydrogens is 254 g/mol. The first-order chi connectivity index (χ1) is 9.70. The molecule has 1 fully saturated rings. The highest BCUT2D eigenvalue weighted by Gasteiger charge is 2.37. The van der Waals surface area contributed by atoms with Gasteiger partial charge < -0.3 is 9.64 Å². The van der Waals surface area contributed by atoms with Crippen LogP contribution in [0.5, 0.6) is 0 Å². The molecule has 2 heterocycles. The molecule has 0 saturated carbocycles. The van der Waals surface area contributed by atoms with Crippen LogP contribution in [0.3, 0.4) is 0 Å². The summed E-state index contributed by atoms with van der Waals surface area (Å²) in [5, 5.41) is 0. The summed E-state index contributed by atoms with van der Waals surface area (Å²) in [6.45, 7) is 0. The second-order valence-corrected chi connectivity index (χ2v) is 5.24. The predicted octanol–water partition coefficient (Wildman–Crippen LogP) is 2.41. The van der Waals surface area contributed by atoms with Gasteiger partial charge in [-0.05, 0) is 43.5 Å². The molecule has 0 aliphatic carbocycles. The quantitative estimate of drug-likeness (QED) is 0.613. The highest BCUT2D eigenvalue weighted by molar-refractivity contribution is 5.96. The Bertz CT molecular complexity index is 562. The number of nitrogens with zero attached hydrogens (tertiary/aromatic N) is 1. The van der Waals surface area contributed by atoms with Crippen molar-refractivity contribution >= 4 is 11.9 Å². The average molecular weight is 271 g/mol. The zero-order valence-electron chi connectivity index (χ0n) is 11.4. The Labute approximate surface area is 118 Å². The third-order valence-electron chi connectivity index (χ3n) is 4.10. The van der Waals surface area contributed by atoms with Gasteiger partial charge in [0, 0.05) is 11.6 Å². The lowest BCUT2D eigenvalue weighted by molar-refractivity contribution is 0.0599. The van der Waals surface area contributed by atoms with Crippen LogP contribution in [-0.4, -0.2) is 36.0 Å². The van der Waals surface area contributed by atoms with Crippen molar-refractivity contribution in [3.63, 3.8) is 0 Å². The van der Waals surface area contributed by atoms with Crippen molar-refractivity contribution in [1.29, 1.82) is 0 Å². The standard InChI is InChI=1S/C16H17NO3/c1-20-16(19)12-7-5-11(6-8-12)15(18)17-13-3-2-4-14(17)10-9-13/h2-3,5-8,13-14H,4,9-10H2,1H3. The van der Waals surface area contributed by atoms with Gasteiger partial charge in [-0.25, -0.2) is 4.79 Å². The molecule has 4 nitrogen and oxygen atoms in total. The second kappa shape index (κ2) is 5.12. The SMILES string of the molecule is COC(=O)c1ccc(C(=O)N2C3C=CCC2CC3)cc1. The number of ether oxygens (including phenoxy) is 1. The van der Waals surface area contributed by atoms with Crippen molar-refractivity contribution in [3.8, 4) is 0 Å². The van der Waals surface area contributed by atoms with Gasteiger partial charge in [-0.1, -0.05) is 12.2 Å². The molecule has 104 valence electrons. The summed E-state index contributed by atoms with van der Waals surface area (Å²) in [4.78, 5) is 26.0. The normalized spacial score (nSPS) is 23.8. The van der Waals surface area contributed by atoms with Gasteiger partial charge in [0.25, 0.3) is 5.91 Å². The molecule has 2 unspecified atom stereocenters. The molecule has 2 aliphatic heterocycles. The molecule has 2 bridgehead atoms. The summed E-state index contributed by atoms with van der Waals surface area (Å²) < 4.78 is 4.65. The van der Waals surface area contributed by atoms with E-state index in [1.807, 2.05) is 4.90 Å². The van der Waals surface area contributed by atoms with Crippen LogP contribution in [0.2, 0.25) is 0 Å². The van der Waals surface area contributed by atoms with E-state index in [2.05, 4.69) is 16.9 Å². The lowest BCUT2D eigenvalue weighted by atomic mass is 10.1. The van der Waals surface area contributed by atoms with Gasteiger partial charge >= 0.3 is 5.97 Å². The molecule has 0 radical (unpaired) electrons. The lowest BCUT2D eigenvalue weighted by Crippen LogP contribution is -2.42. The van der Waals surface area contributed by atoms with Gasteiger partial charge in [-0.3, -0.25) is 4.79 Å². The van der Waals surface area contributed by atoms with Gasteiger partial charge in [0.05, 0.1) is 18.7 Å². The first-order valence-corrected chi connectivity index (χ1v) is 6.88. The first-order valence-electron chi connectivity index (χ1n) is 6.88. The number of benzene rings is 1. The van der Waals surface area contributed by atoms with Crippen LogP contribution in [0, 0.1) is 0 Å². The summed E-state index contributed by atoms with van der Waals surface area (Å²) in [6, 6.07) is 7.25. The second-order valence-electron chi connectivity index (χ2n) is 5.24. The van der Waals surface area contributed by atoms with Gasteiger partial charge in [0.2, 0.25) is 0 Å². The molecule has 1 aromatic rings. The number of amides is 1. The van der Waals surface area contributed by atoms with Gasteiger partial charge in [0.15, 0.2) is 0 Å². The molecule has 1 aromatic carbocycles. The number of hydrogen-bond acceptors (Lipinski definition) is 3. The number of esters is 1. The van der Waals surface area contributed by atoms with Crippen LogP contribution in [0.4, 0.5) is 0 Å². The van der Waals surface area contributed by atoms with E-state index < -0.39 is 0 Å². The zero-order valence-corrected chi connectivity index (χ0v) is 11.4. The van der Waals surface area contributed by atoms with Crippen LogP contribution in [0.25, 0.3) is 0 Å². The Morgan fingerprint density at radius 3 is 2.50 bits per heavy atom. The van der Waals surface area contributed by atoms with E-state index in [0.717, 1.165) is 19.3 Å². The fraction of sp³-hybridized carbons (Fsp3) is 0.375. The zero-order chi connectivity index (χ0) is 14.1. The van der Waals surface area contributed by atoms with Crippen molar-refractivity contribution < 1.29 is 14.3 Å². The van der Waals surface area contributed by atoms with Crippen molar-refractivity contribution in [2.75, 3.05) is 7.11 Å². The van der Waals surface area contributed by atoms with E-state index in [9.17, 15) is 9.59 Å². The summed E-state index contributed by atoms with van der Waals surface area (Å²) in [6.07, 6.45) is 7.37. The van der Waals surface area contributed by atoms with E-state index in [0.29, 0.717) is 17.2 Å². The largest absolute Gasteiger partial charge is 0.465 e. The van der Waals surface area contributed by atoms with Gasteiger partial charge in [-0.15, -0.1) is 0 Å². The van der Waals surface area contributed by atoms with Crippen LogP contribution in [-0.2, 0) is 4.74 Å². The Balaban J connectivity index is 1.81. The van der Waals surface area contributed by atoms with E-state index in [4.69, 9.17) is 0 Å². The number of rotatable bonds is 2. The highest BCUT2D eigenvalue weighted by atomic mass is 16.5. The minimum atomic E-state index is -0.384. The minimum absolute atomic E-state index is 0.0539. The number of methoxy groups -OCH3 is 1. The number of carbonyl (C=O) groups excluding carboxylic acids is 2. The monoisotopic (exact) mass is 271 g/mol. The molecule has 4 heteroatoms. The van der Waals surface area contributed by atoms with Crippen molar-refractivity contribution in [1.82, 2.24) is 4.90 Å². The van der Waals surface area contributed by atoms with Crippen LogP contribution < -0.4 is 0 Å². The van der Waals surface area contributed by atoms with Crippen molar-refractivity contribution in [3.05, 3.63) is 47.5 Å². The number of carbonyl (C=O) groups is 2. The van der Waals surface area contributed by atoms with Crippen LogP contribution >= 0.6 is 0 Å². The topological polar surface area (TPSA) is 46.6 Å². The minimum Gasteiger partial charge on any atom is -0.465 e. The van der Waals surface area contributed by atoms with E-state index >= 15 is 0 Å².